The summed E-state index contributed by atoms with van der Waals surface area (Å²) in [6.07, 6.45) is 0. The molecule has 0 aromatic heterocycles. The summed E-state index contributed by atoms with van der Waals surface area (Å²) in [5, 5.41) is 0. The second-order valence-electron chi connectivity index (χ2n) is 2.46. The van der Waals surface area contributed by atoms with E-state index in [4.69, 9.17) is 10.7 Å². The standard InChI is InChI=1S/C7H4ClF3O3S/c1-14-7-4(15(8,12)13)2-3(9)5(10)6(7)11/h2H,1H3. The first-order chi connectivity index (χ1) is 6.79. The molecule has 0 saturated heterocycles. The van der Waals surface area contributed by atoms with Gasteiger partial charge in [0.25, 0.3) is 9.05 Å². The van der Waals surface area contributed by atoms with Crippen molar-refractivity contribution >= 4 is 19.7 Å². The van der Waals surface area contributed by atoms with Crippen molar-refractivity contribution in [3.63, 3.8) is 0 Å². The topological polar surface area (TPSA) is 43.4 Å². The number of hydrogen-bond donors (Lipinski definition) is 0. The zero-order valence-corrected chi connectivity index (χ0v) is 8.79. The molecule has 0 saturated carbocycles. The van der Waals surface area contributed by atoms with E-state index in [2.05, 4.69) is 4.74 Å². The fourth-order valence-corrected chi connectivity index (χ4v) is 1.91. The lowest BCUT2D eigenvalue weighted by Crippen LogP contribution is -2.03. The molecule has 0 N–H and O–H groups in total. The summed E-state index contributed by atoms with van der Waals surface area (Å²) in [6.45, 7) is 0. The Labute approximate surface area is 87.8 Å². The van der Waals surface area contributed by atoms with E-state index in [0.29, 0.717) is 0 Å². The molecule has 1 rings (SSSR count). The van der Waals surface area contributed by atoms with E-state index in [-0.39, 0.29) is 6.07 Å². The summed E-state index contributed by atoms with van der Waals surface area (Å²) in [4.78, 5) is -0.955. The van der Waals surface area contributed by atoms with Crippen LogP contribution in [0.15, 0.2) is 11.0 Å². The summed E-state index contributed by atoms with van der Waals surface area (Å²) in [5.74, 6) is -6.18. The maximum absolute atomic E-state index is 13.0. The molecule has 0 aliphatic rings. The lowest BCUT2D eigenvalue weighted by atomic mass is 10.3. The Balaban J connectivity index is 3.68. The summed E-state index contributed by atoms with van der Waals surface area (Å²) in [7, 11) is 1.37. The van der Waals surface area contributed by atoms with E-state index in [1.165, 1.54) is 0 Å². The molecule has 0 bridgehead atoms. The molecule has 0 atom stereocenters. The lowest BCUT2D eigenvalue weighted by molar-refractivity contribution is 0.349. The minimum Gasteiger partial charge on any atom is -0.492 e. The monoisotopic (exact) mass is 260 g/mol. The van der Waals surface area contributed by atoms with Crippen LogP contribution in [0.4, 0.5) is 13.2 Å². The fourth-order valence-electron chi connectivity index (χ4n) is 0.928. The molecular weight excluding hydrogens is 257 g/mol. The van der Waals surface area contributed by atoms with E-state index >= 15 is 0 Å². The molecule has 84 valence electrons. The van der Waals surface area contributed by atoms with Crippen molar-refractivity contribution in [1.82, 2.24) is 0 Å². The van der Waals surface area contributed by atoms with E-state index < -0.39 is 37.1 Å². The first kappa shape index (κ1) is 12.1. The van der Waals surface area contributed by atoms with Gasteiger partial charge in [-0.3, -0.25) is 0 Å². The first-order valence-corrected chi connectivity index (χ1v) is 5.76. The Bertz CT molecular complexity index is 501. The first-order valence-electron chi connectivity index (χ1n) is 3.45. The van der Waals surface area contributed by atoms with E-state index in [1.807, 2.05) is 0 Å². The van der Waals surface area contributed by atoms with Crippen molar-refractivity contribution in [2.24, 2.45) is 0 Å². The van der Waals surface area contributed by atoms with Crippen LogP contribution in [0, 0.1) is 17.5 Å². The summed E-state index contributed by atoms with van der Waals surface area (Å²) < 4.78 is 64.4. The fraction of sp³-hybridized carbons (Fsp3) is 0.143. The molecule has 0 heterocycles. The highest BCUT2D eigenvalue weighted by atomic mass is 35.7. The normalized spacial score (nSPS) is 11.5. The Morgan fingerprint density at radius 3 is 2.20 bits per heavy atom. The molecule has 8 heteroatoms. The van der Waals surface area contributed by atoms with Gasteiger partial charge in [-0.15, -0.1) is 0 Å². The van der Waals surface area contributed by atoms with Gasteiger partial charge in [0.1, 0.15) is 4.90 Å². The van der Waals surface area contributed by atoms with Crippen LogP contribution in [0.3, 0.4) is 0 Å². The molecule has 0 aliphatic heterocycles. The zero-order chi connectivity index (χ0) is 11.8. The smallest absolute Gasteiger partial charge is 0.265 e. The zero-order valence-electron chi connectivity index (χ0n) is 7.22. The van der Waals surface area contributed by atoms with Crippen LogP contribution in [0.2, 0.25) is 0 Å². The maximum Gasteiger partial charge on any atom is 0.265 e. The number of benzene rings is 1. The van der Waals surface area contributed by atoms with Crippen LogP contribution in [-0.2, 0) is 9.05 Å². The third-order valence-corrected chi connectivity index (χ3v) is 2.88. The van der Waals surface area contributed by atoms with E-state index in [0.717, 1.165) is 7.11 Å². The molecular formula is C7H4ClF3O3S. The van der Waals surface area contributed by atoms with Crippen molar-refractivity contribution < 1.29 is 26.3 Å². The van der Waals surface area contributed by atoms with Gasteiger partial charge in [-0.1, -0.05) is 0 Å². The summed E-state index contributed by atoms with van der Waals surface area (Å²) in [5.41, 5.74) is 0. The van der Waals surface area contributed by atoms with E-state index in [1.54, 1.807) is 0 Å². The van der Waals surface area contributed by atoms with Gasteiger partial charge >= 0.3 is 0 Å². The van der Waals surface area contributed by atoms with Crippen LogP contribution >= 0.6 is 10.7 Å². The van der Waals surface area contributed by atoms with Gasteiger partial charge in [0, 0.05) is 16.7 Å². The summed E-state index contributed by atoms with van der Waals surface area (Å²) >= 11 is 0. The van der Waals surface area contributed by atoms with Gasteiger partial charge in [0.2, 0.25) is 5.82 Å². The highest BCUT2D eigenvalue weighted by molar-refractivity contribution is 8.13. The minimum absolute atomic E-state index is 0.250. The number of hydrogen-bond acceptors (Lipinski definition) is 3. The number of halogens is 4. The van der Waals surface area contributed by atoms with Crippen LogP contribution in [0.1, 0.15) is 0 Å². The average molecular weight is 261 g/mol. The van der Waals surface area contributed by atoms with Gasteiger partial charge < -0.3 is 4.74 Å². The van der Waals surface area contributed by atoms with Crippen molar-refractivity contribution in [3.05, 3.63) is 23.5 Å². The second-order valence-corrected chi connectivity index (χ2v) is 4.99. The maximum atomic E-state index is 13.0. The number of rotatable bonds is 2. The molecule has 0 unspecified atom stereocenters. The lowest BCUT2D eigenvalue weighted by Gasteiger charge is -2.07. The molecule has 0 fully saturated rings. The average Bonchev–Trinajstić information content (AvgIpc) is 2.12. The Morgan fingerprint density at radius 1 is 1.27 bits per heavy atom. The third-order valence-electron chi connectivity index (χ3n) is 1.55. The number of ether oxygens (including phenoxy) is 1. The van der Waals surface area contributed by atoms with Gasteiger partial charge in [0.05, 0.1) is 7.11 Å². The highest BCUT2D eigenvalue weighted by Gasteiger charge is 2.26. The Kier molecular flexibility index (Phi) is 3.15. The van der Waals surface area contributed by atoms with Crippen molar-refractivity contribution in [1.29, 1.82) is 0 Å². The van der Waals surface area contributed by atoms with Crippen molar-refractivity contribution in [2.75, 3.05) is 7.11 Å². The Morgan fingerprint density at radius 2 is 1.80 bits per heavy atom. The van der Waals surface area contributed by atoms with Crippen LogP contribution in [0.25, 0.3) is 0 Å². The van der Waals surface area contributed by atoms with Crippen LogP contribution in [0.5, 0.6) is 5.75 Å². The predicted molar refractivity (Wildman–Crippen MR) is 45.9 cm³/mol. The quantitative estimate of drug-likeness (QED) is 0.604. The SMILES string of the molecule is COc1c(S(=O)(=O)Cl)cc(F)c(F)c1F. The molecule has 1 aromatic carbocycles. The molecule has 15 heavy (non-hydrogen) atoms. The van der Waals surface area contributed by atoms with Crippen LogP contribution < -0.4 is 4.74 Å². The van der Waals surface area contributed by atoms with Crippen molar-refractivity contribution in [3.8, 4) is 5.75 Å². The minimum atomic E-state index is -4.41. The second kappa shape index (κ2) is 3.90. The highest BCUT2D eigenvalue weighted by Crippen LogP contribution is 2.32. The van der Waals surface area contributed by atoms with Crippen molar-refractivity contribution in [2.45, 2.75) is 4.90 Å². The molecule has 0 amide bonds. The molecule has 3 nitrogen and oxygen atoms in total. The number of methoxy groups -OCH3 is 1. The summed E-state index contributed by atoms with van der Waals surface area (Å²) in [6, 6.07) is 0.250. The van der Waals surface area contributed by atoms with Gasteiger partial charge in [-0.25, -0.2) is 17.2 Å². The molecule has 0 spiro atoms. The molecule has 1 aromatic rings. The van der Waals surface area contributed by atoms with E-state index in [9.17, 15) is 21.6 Å². The predicted octanol–water partition coefficient (Wildman–Crippen LogP) is 2.04. The van der Waals surface area contributed by atoms with Gasteiger partial charge in [-0.2, -0.15) is 4.39 Å². The third kappa shape index (κ3) is 2.18. The Hall–Kier alpha value is -0.950. The van der Waals surface area contributed by atoms with Crippen LogP contribution in [-0.4, -0.2) is 15.5 Å². The largest absolute Gasteiger partial charge is 0.492 e. The van der Waals surface area contributed by atoms with Gasteiger partial charge in [0.15, 0.2) is 17.4 Å². The molecule has 0 radical (unpaired) electrons. The van der Waals surface area contributed by atoms with Gasteiger partial charge in [-0.05, 0) is 0 Å². The molecule has 0 aliphatic carbocycles.